The van der Waals surface area contributed by atoms with Crippen LogP contribution in [0.25, 0.3) is 22.4 Å². The first-order valence-corrected chi connectivity index (χ1v) is 11.6. The van der Waals surface area contributed by atoms with Crippen LogP contribution in [0.5, 0.6) is 0 Å². The number of imidazole rings is 1. The zero-order valence-corrected chi connectivity index (χ0v) is 20.1. The SMILES string of the molecule is Cn1c(-c2cc(N3CCN(c4ccc(C(C)(C)O)cn4)C(=O)C3)ccc2Cl)nc2ccccc21. The molecule has 0 radical (unpaired) electrons. The van der Waals surface area contributed by atoms with Gasteiger partial charge in [0.25, 0.3) is 0 Å². The molecule has 1 aliphatic rings. The maximum atomic E-state index is 13.0. The van der Waals surface area contributed by atoms with Crippen molar-refractivity contribution in [2.75, 3.05) is 29.4 Å². The summed E-state index contributed by atoms with van der Waals surface area (Å²) in [5.74, 6) is 1.34. The Morgan fingerprint density at radius 2 is 1.85 bits per heavy atom. The Hall–Kier alpha value is -3.42. The average molecular weight is 476 g/mol. The van der Waals surface area contributed by atoms with E-state index in [0.29, 0.717) is 29.5 Å². The molecule has 8 heteroatoms. The summed E-state index contributed by atoms with van der Waals surface area (Å²) < 4.78 is 2.03. The highest BCUT2D eigenvalue weighted by Crippen LogP contribution is 2.33. The summed E-state index contributed by atoms with van der Waals surface area (Å²) in [6.45, 7) is 4.82. The Kier molecular flexibility index (Phi) is 5.54. The van der Waals surface area contributed by atoms with E-state index in [-0.39, 0.29) is 12.5 Å². The van der Waals surface area contributed by atoms with E-state index in [1.54, 1.807) is 31.0 Å². The highest BCUT2D eigenvalue weighted by Gasteiger charge is 2.27. The molecule has 0 atom stereocenters. The summed E-state index contributed by atoms with van der Waals surface area (Å²) >= 11 is 6.57. The smallest absolute Gasteiger partial charge is 0.247 e. The van der Waals surface area contributed by atoms with Crippen LogP contribution in [0.3, 0.4) is 0 Å². The number of halogens is 1. The van der Waals surface area contributed by atoms with E-state index in [4.69, 9.17) is 16.6 Å². The first-order valence-electron chi connectivity index (χ1n) is 11.2. The van der Waals surface area contributed by atoms with Crippen molar-refractivity contribution < 1.29 is 9.90 Å². The number of pyridine rings is 1. The van der Waals surface area contributed by atoms with Gasteiger partial charge in [-0.1, -0.05) is 29.8 Å². The summed E-state index contributed by atoms with van der Waals surface area (Å²) in [5.41, 5.74) is 3.43. The van der Waals surface area contributed by atoms with Crippen LogP contribution < -0.4 is 9.80 Å². The van der Waals surface area contributed by atoms with Gasteiger partial charge >= 0.3 is 0 Å². The maximum Gasteiger partial charge on any atom is 0.247 e. The molecule has 5 rings (SSSR count). The number of aromatic nitrogens is 3. The number of fused-ring (bicyclic) bond motifs is 1. The molecule has 1 fully saturated rings. The molecule has 2 aromatic carbocycles. The van der Waals surface area contributed by atoms with E-state index in [1.807, 2.05) is 65.0 Å². The zero-order chi connectivity index (χ0) is 24.0. The average Bonchev–Trinajstić information content (AvgIpc) is 3.15. The van der Waals surface area contributed by atoms with Crippen LogP contribution >= 0.6 is 11.6 Å². The number of hydrogen-bond donors (Lipinski definition) is 1. The second-order valence-electron chi connectivity index (χ2n) is 9.08. The van der Waals surface area contributed by atoms with E-state index < -0.39 is 5.60 Å². The molecular formula is C26H26ClN5O2. The summed E-state index contributed by atoms with van der Waals surface area (Å²) in [7, 11) is 1.98. The van der Waals surface area contributed by atoms with Crippen molar-refractivity contribution in [3.05, 3.63) is 71.4 Å². The lowest BCUT2D eigenvalue weighted by molar-refractivity contribution is -0.117. The minimum atomic E-state index is -0.973. The van der Waals surface area contributed by atoms with Crippen molar-refractivity contribution >= 4 is 40.0 Å². The van der Waals surface area contributed by atoms with Gasteiger partial charge in [0.1, 0.15) is 11.6 Å². The molecule has 3 heterocycles. The van der Waals surface area contributed by atoms with Crippen LogP contribution in [0.2, 0.25) is 5.02 Å². The third kappa shape index (κ3) is 4.02. The molecule has 34 heavy (non-hydrogen) atoms. The Morgan fingerprint density at radius 1 is 1.06 bits per heavy atom. The van der Waals surface area contributed by atoms with Crippen molar-refractivity contribution in [3.8, 4) is 11.4 Å². The van der Waals surface area contributed by atoms with Gasteiger partial charge in [-0.15, -0.1) is 0 Å². The molecule has 1 N–H and O–H groups in total. The van der Waals surface area contributed by atoms with Crippen LogP contribution in [0.1, 0.15) is 19.4 Å². The fraction of sp³-hybridized carbons (Fsp3) is 0.269. The third-order valence-corrected chi connectivity index (χ3v) is 6.62. The number of aliphatic hydroxyl groups is 1. The number of hydrogen-bond acceptors (Lipinski definition) is 5. The molecule has 1 saturated heterocycles. The number of piperazine rings is 1. The van der Waals surface area contributed by atoms with Crippen LogP contribution in [0.15, 0.2) is 60.8 Å². The molecule has 7 nitrogen and oxygen atoms in total. The largest absolute Gasteiger partial charge is 0.386 e. The minimum Gasteiger partial charge on any atom is -0.386 e. The zero-order valence-electron chi connectivity index (χ0n) is 19.4. The van der Waals surface area contributed by atoms with Gasteiger partial charge in [-0.05, 0) is 50.2 Å². The first-order chi connectivity index (χ1) is 16.2. The standard InChI is InChI=1S/C26H26ClN5O2/c1-26(2,34)17-8-11-23(28-15-17)32-13-12-31(16-24(32)33)18-9-10-20(27)19(14-18)25-29-21-6-4-5-7-22(21)30(25)3/h4-11,14-15,34H,12-13,16H2,1-3H3. The summed E-state index contributed by atoms with van der Waals surface area (Å²) in [6.07, 6.45) is 1.62. The molecule has 0 saturated carbocycles. The van der Waals surface area contributed by atoms with E-state index in [2.05, 4.69) is 4.98 Å². The summed E-state index contributed by atoms with van der Waals surface area (Å²) in [6, 6.07) is 17.4. The van der Waals surface area contributed by atoms with Gasteiger partial charge in [-0.2, -0.15) is 0 Å². The van der Waals surface area contributed by atoms with Crippen LogP contribution in [0, 0.1) is 0 Å². The van der Waals surface area contributed by atoms with Gasteiger partial charge in [0.2, 0.25) is 5.91 Å². The number of aryl methyl sites for hydroxylation is 1. The molecule has 0 unspecified atom stereocenters. The topological polar surface area (TPSA) is 74.5 Å². The number of rotatable bonds is 4. The van der Waals surface area contributed by atoms with Crippen molar-refractivity contribution in [2.24, 2.45) is 7.05 Å². The summed E-state index contributed by atoms with van der Waals surface area (Å²) in [5, 5.41) is 10.8. The molecule has 174 valence electrons. The number of para-hydroxylation sites is 2. The monoisotopic (exact) mass is 475 g/mol. The number of nitrogens with zero attached hydrogens (tertiary/aromatic N) is 5. The molecule has 0 bridgehead atoms. The normalized spacial score (nSPS) is 14.8. The number of benzene rings is 2. The van der Waals surface area contributed by atoms with Gasteiger partial charge in [-0.25, -0.2) is 9.97 Å². The Labute approximate surface area is 203 Å². The van der Waals surface area contributed by atoms with Crippen LogP contribution in [-0.4, -0.2) is 45.2 Å². The molecule has 0 spiro atoms. The van der Waals surface area contributed by atoms with Gasteiger partial charge in [0, 0.05) is 43.1 Å². The molecule has 2 aromatic heterocycles. The lowest BCUT2D eigenvalue weighted by Gasteiger charge is -2.35. The number of amides is 1. The van der Waals surface area contributed by atoms with Crippen LogP contribution in [-0.2, 0) is 17.4 Å². The first kappa shape index (κ1) is 22.4. The van der Waals surface area contributed by atoms with Crippen molar-refractivity contribution in [1.82, 2.24) is 14.5 Å². The number of carbonyl (C=O) groups is 1. The fourth-order valence-electron chi connectivity index (χ4n) is 4.31. The van der Waals surface area contributed by atoms with Crippen molar-refractivity contribution in [1.29, 1.82) is 0 Å². The fourth-order valence-corrected chi connectivity index (χ4v) is 4.51. The molecule has 4 aromatic rings. The van der Waals surface area contributed by atoms with E-state index in [0.717, 1.165) is 28.1 Å². The minimum absolute atomic E-state index is 0.0333. The third-order valence-electron chi connectivity index (χ3n) is 6.29. The second-order valence-corrected chi connectivity index (χ2v) is 9.49. The lowest BCUT2D eigenvalue weighted by Crippen LogP contribution is -2.51. The predicted molar refractivity (Wildman–Crippen MR) is 135 cm³/mol. The van der Waals surface area contributed by atoms with Crippen molar-refractivity contribution in [3.63, 3.8) is 0 Å². The second kappa shape index (κ2) is 8.42. The number of anilines is 2. The highest BCUT2D eigenvalue weighted by atomic mass is 35.5. The molecule has 0 aliphatic carbocycles. The molecule has 1 aliphatic heterocycles. The van der Waals surface area contributed by atoms with E-state index in [1.165, 1.54) is 0 Å². The van der Waals surface area contributed by atoms with Gasteiger partial charge in [-0.3, -0.25) is 9.69 Å². The lowest BCUT2D eigenvalue weighted by atomic mass is 10.0. The predicted octanol–water partition coefficient (Wildman–Crippen LogP) is 4.37. The van der Waals surface area contributed by atoms with Gasteiger partial charge < -0.3 is 14.6 Å². The van der Waals surface area contributed by atoms with E-state index >= 15 is 0 Å². The number of carbonyl (C=O) groups excluding carboxylic acids is 1. The Balaban J connectivity index is 1.39. The highest BCUT2D eigenvalue weighted by molar-refractivity contribution is 6.33. The van der Waals surface area contributed by atoms with Crippen molar-refractivity contribution in [2.45, 2.75) is 19.4 Å². The van der Waals surface area contributed by atoms with Gasteiger partial charge in [0.15, 0.2) is 0 Å². The maximum absolute atomic E-state index is 13.0. The molecule has 1 amide bonds. The van der Waals surface area contributed by atoms with Gasteiger partial charge in [0.05, 0.1) is 28.2 Å². The Morgan fingerprint density at radius 3 is 2.53 bits per heavy atom. The quantitative estimate of drug-likeness (QED) is 0.474. The molecular weight excluding hydrogens is 450 g/mol. The van der Waals surface area contributed by atoms with E-state index in [9.17, 15) is 9.90 Å². The Bertz CT molecular complexity index is 1370. The van der Waals surface area contributed by atoms with Crippen LogP contribution in [0.4, 0.5) is 11.5 Å². The summed E-state index contributed by atoms with van der Waals surface area (Å²) in [4.78, 5) is 25.9.